The first-order valence-electron chi connectivity index (χ1n) is 8.77. The van der Waals surface area contributed by atoms with E-state index in [-0.39, 0.29) is 6.03 Å². The van der Waals surface area contributed by atoms with Crippen LogP contribution in [0.15, 0.2) is 36.4 Å². The molecule has 2 aliphatic heterocycles. The minimum atomic E-state index is -0.0275. The van der Waals surface area contributed by atoms with Gasteiger partial charge < -0.3 is 15.1 Å². The minimum Gasteiger partial charge on any atom is -0.322 e. The van der Waals surface area contributed by atoms with Crippen molar-refractivity contribution in [3.63, 3.8) is 0 Å². The van der Waals surface area contributed by atoms with Crippen LogP contribution in [0.5, 0.6) is 0 Å². The summed E-state index contributed by atoms with van der Waals surface area (Å²) in [6.07, 6.45) is 0. The monoisotopic (exact) mass is 358 g/mol. The third kappa shape index (κ3) is 3.32. The Kier molecular flexibility index (Phi) is 4.54. The van der Waals surface area contributed by atoms with E-state index in [9.17, 15) is 4.79 Å². The molecule has 0 radical (unpaired) electrons. The highest BCUT2D eigenvalue weighted by molar-refractivity contribution is 6.36. The quantitative estimate of drug-likeness (QED) is 0.851. The smallest absolute Gasteiger partial charge is 0.321 e. The van der Waals surface area contributed by atoms with Gasteiger partial charge in [0.1, 0.15) is 0 Å². The maximum atomic E-state index is 12.8. The van der Waals surface area contributed by atoms with Gasteiger partial charge in [-0.05, 0) is 19.2 Å². The van der Waals surface area contributed by atoms with Gasteiger partial charge in [-0.1, -0.05) is 35.9 Å². The fraction of sp³-hybridized carbons (Fsp3) is 0.421. The number of piperazine rings is 2. The van der Waals surface area contributed by atoms with E-state index in [1.807, 2.05) is 41.3 Å². The standard InChI is InChI=1S/C19H23ClN4O/c1-22-8-9-23-10-11-24(13-14(23)12-22)19(25)21-18-7-6-17(20)15-4-2-3-5-16(15)18/h2-7,14H,8-13H2,1H3,(H,21,25). The first-order valence-corrected chi connectivity index (χ1v) is 9.15. The Morgan fingerprint density at radius 2 is 1.80 bits per heavy atom. The molecule has 1 atom stereocenters. The van der Waals surface area contributed by atoms with E-state index in [0.29, 0.717) is 11.1 Å². The Morgan fingerprint density at radius 3 is 2.64 bits per heavy atom. The first-order chi connectivity index (χ1) is 12.1. The van der Waals surface area contributed by atoms with E-state index in [1.165, 1.54) is 0 Å². The lowest BCUT2D eigenvalue weighted by atomic mass is 10.1. The third-order valence-corrected chi connectivity index (χ3v) is 5.63. The molecule has 0 aliphatic carbocycles. The Morgan fingerprint density at radius 1 is 1.04 bits per heavy atom. The molecule has 0 bridgehead atoms. The molecule has 2 amide bonds. The van der Waals surface area contributed by atoms with Crippen LogP contribution in [0.2, 0.25) is 5.02 Å². The highest BCUT2D eigenvalue weighted by Crippen LogP contribution is 2.30. The predicted molar refractivity (Wildman–Crippen MR) is 102 cm³/mol. The SMILES string of the molecule is CN1CCN2CCN(C(=O)Nc3ccc(Cl)c4ccccc34)CC2C1. The summed E-state index contributed by atoms with van der Waals surface area (Å²) >= 11 is 6.27. The van der Waals surface area contributed by atoms with Gasteiger partial charge in [-0.2, -0.15) is 0 Å². The fourth-order valence-corrected chi connectivity index (χ4v) is 4.09. The zero-order valence-corrected chi connectivity index (χ0v) is 15.2. The lowest BCUT2D eigenvalue weighted by molar-refractivity contribution is 0.0353. The van der Waals surface area contributed by atoms with Gasteiger partial charge in [0.15, 0.2) is 0 Å². The Bertz CT molecular complexity index is 796. The number of nitrogens with zero attached hydrogens (tertiary/aromatic N) is 3. The highest BCUT2D eigenvalue weighted by Gasteiger charge is 2.32. The molecule has 2 aliphatic rings. The number of carbonyl (C=O) groups is 1. The molecular formula is C19H23ClN4O. The number of urea groups is 1. The van der Waals surface area contributed by atoms with E-state index in [0.717, 1.165) is 55.7 Å². The molecule has 2 heterocycles. The van der Waals surface area contributed by atoms with Crippen molar-refractivity contribution >= 4 is 34.1 Å². The van der Waals surface area contributed by atoms with Crippen molar-refractivity contribution in [2.45, 2.75) is 6.04 Å². The van der Waals surface area contributed by atoms with Gasteiger partial charge in [0.05, 0.1) is 5.69 Å². The van der Waals surface area contributed by atoms with Crippen LogP contribution in [0.25, 0.3) is 10.8 Å². The number of halogens is 1. The summed E-state index contributed by atoms with van der Waals surface area (Å²) in [6.45, 7) is 5.73. The van der Waals surface area contributed by atoms with Crippen molar-refractivity contribution in [2.75, 3.05) is 51.6 Å². The van der Waals surface area contributed by atoms with Crippen LogP contribution in [0.3, 0.4) is 0 Å². The number of anilines is 1. The summed E-state index contributed by atoms with van der Waals surface area (Å²) in [5.41, 5.74) is 0.813. The fourth-order valence-electron chi connectivity index (χ4n) is 3.86. The van der Waals surface area contributed by atoms with Crippen molar-refractivity contribution in [1.29, 1.82) is 0 Å². The number of hydrogen-bond acceptors (Lipinski definition) is 3. The van der Waals surface area contributed by atoms with Gasteiger partial charge in [-0.3, -0.25) is 4.90 Å². The lowest BCUT2D eigenvalue weighted by Crippen LogP contribution is -2.62. The molecule has 1 N–H and O–H groups in total. The number of benzene rings is 2. The topological polar surface area (TPSA) is 38.8 Å². The van der Waals surface area contributed by atoms with Crippen molar-refractivity contribution < 1.29 is 4.79 Å². The number of hydrogen-bond donors (Lipinski definition) is 1. The van der Waals surface area contributed by atoms with Gasteiger partial charge in [0, 0.05) is 61.1 Å². The molecule has 2 aromatic rings. The molecule has 0 spiro atoms. The summed E-state index contributed by atoms with van der Waals surface area (Å²) < 4.78 is 0. The first kappa shape index (κ1) is 16.6. The van der Waals surface area contributed by atoms with Crippen molar-refractivity contribution in [3.05, 3.63) is 41.4 Å². The zero-order valence-electron chi connectivity index (χ0n) is 14.4. The Balaban J connectivity index is 1.50. The molecule has 6 heteroatoms. The lowest BCUT2D eigenvalue weighted by Gasteiger charge is -2.46. The molecule has 1 unspecified atom stereocenters. The highest BCUT2D eigenvalue weighted by atomic mass is 35.5. The number of rotatable bonds is 1. The summed E-state index contributed by atoms with van der Waals surface area (Å²) in [5, 5.41) is 5.72. The van der Waals surface area contributed by atoms with Crippen LogP contribution in [0.1, 0.15) is 0 Å². The van der Waals surface area contributed by atoms with Crippen LogP contribution in [-0.2, 0) is 0 Å². The second-order valence-electron chi connectivity index (χ2n) is 6.97. The van der Waals surface area contributed by atoms with E-state index in [1.54, 1.807) is 0 Å². The van der Waals surface area contributed by atoms with Crippen LogP contribution in [0.4, 0.5) is 10.5 Å². The van der Waals surface area contributed by atoms with Gasteiger partial charge in [-0.25, -0.2) is 4.79 Å². The maximum absolute atomic E-state index is 12.8. The molecule has 4 rings (SSSR count). The van der Waals surface area contributed by atoms with E-state index < -0.39 is 0 Å². The molecular weight excluding hydrogens is 336 g/mol. The number of carbonyl (C=O) groups excluding carboxylic acids is 1. The van der Waals surface area contributed by atoms with E-state index >= 15 is 0 Å². The van der Waals surface area contributed by atoms with E-state index in [4.69, 9.17) is 11.6 Å². The van der Waals surface area contributed by atoms with E-state index in [2.05, 4.69) is 22.2 Å². The molecule has 0 aromatic heterocycles. The van der Waals surface area contributed by atoms with Gasteiger partial charge in [-0.15, -0.1) is 0 Å². The Labute approximate surface area is 153 Å². The average Bonchev–Trinajstić information content (AvgIpc) is 2.63. The second kappa shape index (κ2) is 6.83. The van der Waals surface area contributed by atoms with Gasteiger partial charge in [0.2, 0.25) is 0 Å². The third-order valence-electron chi connectivity index (χ3n) is 5.30. The maximum Gasteiger partial charge on any atom is 0.321 e. The minimum absolute atomic E-state index is 0.0275. The number of amides is 2. The number of fused-ring (bicyclic) bond motifs is 2. The summed E-state index contributed by atoms with van der Waals surface area (Å²) in [6, 6.07) is 12.0. The molecule has 5 nitrogen and oxygen atoms in total. The van der Waals surface area contributed by atoms with Crippen LogP contribution in [0, 0.1) is 0 Å². The average molecular weight is 359 g/mol. The predicted octanol–water partition coefficient (Wildman–Crippen LogP) is 2.96. The molecule has 132 valence electrons. The van der Waals surface area contributed by atoms with Gasteiger partial charge in [0.25, 0.3) is 0 Å². The normalized spacial score (nSPS) is 22.0. The zero-order chi connectivity index (χ0) is 17.4. The largest absolute Gasteiger partial charge is 0.322 e. The van der Waals surface area contributed by atoms with Gasteiger partial charge >= 0.3 is 6.03 Å². The summed E-state index contributed by atoms with van der Waals surface area (Å²) in [5.74, 6) is 0. The number of likely N-dealkylation sites (N-methyl/N-ethyl adjacent to an activating group) is 1. The second-order valence-corrected chi connectivity index (χ2v) is 7.38. The molecule has 25 heavy (non-hydrogen) atoms. The number of nitrogens with one attached hydrogen (secondary N) is 1. The Hall–Kier alpha value is -1.82. The van der Waals surface area contributed by atoms with Crippen molar-refractivity contribution in [1.82, 2.24) is 14.7 Å². The van der Waals surface area contributed by atoms with Crippen molar-refractivity contribution in [2.24, 2.45) is 0 Å². The molecule has 2 fully saturated rings. The van der Waals surface area contributed by atoms with Crippen LogP contribution in [-0.4, -0.2) is 73.1 Å². The van der Waals surface area contributed by atoms with Crippen molar-refractivity contribution in [3.8, 4) is 0 Å². The summed E-state index contributed by atoms with van der Waals surface area (Å²) in [4.78, 5) is 19.6. The van der Waals surface area contributed by atoms with Crippen LogP contribution < -0.4 is 5.32 Å². The molecule has 2 saturated heterocycles. The molecule has 2 aromatic carbocycles. The van der Waals surface area contributed by atoms with Crippen LogP contribution >= 0.6 is 11.6 Å². The molecule has 0 saturated carbocycles. The summed E-state index contributed by atoms with van der Waals surface area (Å²) in [7, 11) is 2.15.